The standard InChI is InChI=1S/C20H22O4/c1-2-20(23)10-16-15-9-14(22)7-8-18(15)24-19(17(16)11-20)12-3-5-13(21)6-4-12/h3-9,16-17,19,21-23H,2,10-11H2,1H3/t16-,17?,19?,20?/m0/s1. The highest BCUT2D eigenvalue weighted by Gasteiger charge is 2.50. The van der Waals surface area contributed by atoms with Gasteiger partial charge < -0.3 is 20.1 Å². The van der Waals surface area contributed by atoms with E-state index < -0.39 is 5.60 Å². The Morgan fingerprint density at radius 2 is 1.75 bits per heavy atom. The zero-order valence-corrected chi connectivity index (χ0v) is 13.6. The van der Waals surface area contributed by atoms with E-state index in [1.54, 1.807) is 30.3 Å². The number of hydrogen-bond acceptors (Lipinski definition) is 4. The van der Waals surface area contributed by atoms with E-state index in [4.69, 9.17) is 4.74 Å². The van der Waals surface area contributed by atoms with E-state index in [0.29, 0.717) is 19.3 Å². The normalized spacial score (nSPS) is 31.2. The molecule has 0 aromatic heterocycles. The van der Waals surface area contributed by atoms with Crippen LogP contribution in [0.2, 0.25) is 0 Å². The summed E-state index contributed by atoms with van der Waals surface area (Å²) in [6.07, 6.45) is 1.90. The largest absolute Gasteiger partial charge is 0.508 e. The number of fused-ring (bicyclic) bond motifs is 3. The van der Waals surface area contributed by atoms with E-state index in [9.17, 15) is 15.3 Å². The van der Waals surface area contributed by atoms with Crippen molar-refractivity contribution in [2.24, 2.45) is 5.92 Å². The highest BCUT2D eigenvalue weighted by molar-refractivity contribution is 5.46. The van der Waals surface area contributed by atoms with E-state index in [-0.39, 0.29) is 29.4 Å². The molecule has 1 aliphatic carbocycles. The molecule has 3 N–H and O–H groups in total. The number of aromatic hydroxyl groups is 2. The molecular formula is C20H22O4. The van der Waals surface area contributed by atoms with Crippen molar-refractivity contribution < 1.29 is 20.1 Å². The second-order valence-corrected chi connectivity index (χ2v) is 7.11. The van der Waals surface area contributed by atoms with Crippen molar-refractivity contribution in [1.82, 2.24) is 0 Å². The van der Waals surface area contributed by atoms with Crippen molar-refractivity contribution in [1.29, 1.82) is 0 Å². The van der Waals surface area contributed by atoms with Crippen molar-refractivity contribution in [2.75, 3.05) is 0 Å². The van der Waals surface area contributed by atoms with Crippen LogP contribution in [0.4, 0.5) is 0 Å². The second kappa shape index (κ2) is 5.42. The first kappa shape index (κ1) is 15.3. The molecule has 0 bridgehead atoms. The number of aliphatic hydroxyl groups is 1. The highest BCUT2D eigenvalue weighted by atomic mass is 16.5. The number of rotatable bonds is 2. The summed E-state index contributed by atoms with van der Waals surface area (Å²) >= 11 is 0. The van der Waals surface area contributed by atoms with Gasteiger partial charge in [-0.2, -0.15) is 0 Å². The van der Waals surface area contributed by atoms with Gasteiger partial charge in [-0.15, -0.1) is 0 Å². The van der Waals surface area contributed by atoms with Gasteiger partial charge in [0.2, 0.25) is 0 Å². The third kappa shape index (κ3) is 2.42. The molecular weight excluding hydrogens is 304 g/mol. The van der Waals surface area contributed by atoms with Gasteiger partial charge in [0.1, 0.15) is 23.4 Å². The van der Waals surface area contributed by atoms with E-state index in [1.807, 2.05) is 19.1 Å². The minimum absolute atomic E-state index is 0.147. The third-order valence-electron chi connectivity index (χ3n) is 5.65. The van der Waals surface area contributed by atoms with Gasteiger partial charge in [0, 0.05) is 11.5 Å². The lowest BCUT2D eigenvalue weighted by Gasteiger charge is -2.36. The fourth-order valence-corrected chi connectivity index (χ4v) is 4.31. The van der Waals surface area contributed by atoms with Crippen LogP contribution in [0.3, 0.4) is 0 Å². The van der Waals surface area contributed by atoms with Crippen LogP contribution in [0.1, 0.15) is 49.3 Å². The van der Waals surface area contributed by atoms with E-state index >= 15 is 0 Å². The molecule has 4 rings (SSSR count). The molecule has 3 unspecified atom stereocenters. The molecule has 0 saturated heterocycles. The molecule has 126 valence electrons. The molecule has 4 atom stereocenters. The number of ether oxygens (including phenoxy) is 1. The summed E-state index contributed by atoms with van der Waals surface area (Å²) in [5.41, 5.74) is 1.29. The number of phenolic OH excluding ortho intramolecular Hbond substituents is 2. The number of hydrogen-bond donors (Lipinski definition) is 3. The summed E-state index contributed by atoms with van der Waals surface area (Å²) in [7, 11) is 0. The van der Waals surface area contributed by atoms with Gasteiger partial charge in [-0.3, -0.25) is 0 Å². The Morgan fingerprint density at radius 1 is 1.04 bits per heavy atom. The predicted octanol–water partition coefficient (Wildman–Crippen LogP) is 3.87. The SMILES string of the molecule is CCC1(O)CC2C(c3ccc(O)cc3)Oc3ccc(O)cc3[C@@H]2C1. The Balaban J connectivity index is 1.79. The van der Waals surface area contributed by atoms with Gasteiger partial charge >= 0.3 is 0 Å². The van der Waals surface area contributed by atoms with Gasteiger partial charge in [-0.05, 0) is 61.1 Å². The molecule has 2 aliphatic rings. The third-order valence-corrected chi connectivity index (χ3v) is 5.65. The summed E-state index contributed by atoms with van der Waals surface area (Å²) in [6.45, 7) is 2.01. The minimum atomic E-state index is -0.694. The molecule has 1 fully saturated rings. The Hall–Kier alpha value is -2.20. The number of benzene rings is 2. The zero-order chi connectivity index (χ0) is 16.9. The molecule has 1 aliphatic heterocycles. The lowest BCUT2D eigenvalue weighted by Crippen LogP contribution is -2.27. The van der Waals surface area contributed by atoms with Crippen molar-refractivity contribution >= 4 is 0 Å². The summed E-state index contributed by atoms with van der Waals surface area (Å²) in [5.74, 6) is 1.53. The van der Waals surface area contributed by atoms with Crippen LogP contribution in [0.25, 0.3) is 0 Å². The summed E-state index contributed by atoms with van der Waals surface area (Å²) in [6, 6.07) is 12.3. The molecule has 2 aromatic rings. The van der Waals surface area contributed by atoms with Crippen LogP contribution in [-0.2, 0) is 0 Å². The first-order chi connectivity index (χ1) is 11.5. The van der Waals surface area contributed by atoms with Gasteiger partial charge in [0.05, 0.1) is 5.60 Å². The number of phenols is 2. The molecule has 2 aromatic carbocycles. The first-order valence-corrected chi connectivity index (χ1v) is 8.50. The second-order valence-electron chi connectivity index (χ2n) is 7.11. The van der Waals surface area contributed by atoms with Crippen LogP contribution in [0.15, 0.2) is 42.5 Å². The monoisotopic (exact) mass is 326 g/mol. The predicted molar refractivity (Wildman–Crippen MR) is 90.3 cm³/mol. The minimum Gasteiger partial charge on any atom is -0.508 e. The van der Waals surface area contributed by atoms with E-state index in [0.717, 1.165) is 16.9 Å². The molecule has 4 heteroatoms. The lowest BCUT2D eigenvalue weighted by atomic mass is 9.80. The van der Waals surface area contributed by atoms with E-state index in [1.165, 1.54) is 0 Å². The quantitative estimate of drug-likeness (QED) is 0.783. The summed E-state index contributed by atoms with van der Waals surface area (Å²) < 4.78 is 6.26. The molecule has 1 heterocycles. The van der Waals surface area contributed by atoms with Crippen LogP contribution >= 0.6 is 0 Å². The maximum Gasteiger partial charge on any atom is 0.127 e. The van der Waals surface area contributed by atoms with Crippen LogP contribution in [-0.4, -0.2) is 20.9 Å². The Labute approximate surface area is 141 Å². The van der Waals surface area contributed by atoms with Gasteiger partial charge in [-0.1, -0.05) is 19.1 Å². The first-order valence-electron chi connectivity index (χ1n) is 8.50. The molecule has 0 radical (unpaired) electrons. The average molecular weight is 326 g/mol. The van der Waals surface area contributed by atoms with Crippen LogP contribution < -0.4 is 4.74 Å². The van der Waals surface area contributed by atoms with Crippen LogP contribution in [0.5, 0.6) is 17.2 Å². The van der Waals surface area contributed by atoms with Crippen molar-refractivity contribution in [3.63, 3.8) is 0 Å². The highest BCUT2D eigenvalue weighted by Crippen LogP contribution is 2.57. The lowest BCUT2D eigenvalue weighted by molar-refractivity contribution is 0.0295. The van der Waals surface area contributed by atoms with Gasteiger partial charge in [-0.25, -0.2) is 0 Å². The fraction of sp³-hybridized carbons (Fsp3) is 0.400. The molecule has 1 saturated carbocycles. The van der Waals surface area contributed by atoms with Gasteiger partial charge in [0.15, 0.2) is 0 Å². The van der Waals surface area contributed by atoms with Crippen LogP contribution in [0, 0.1) is 5.92 Å². The fourth-order valence-electron chi connectivity index (χ4n) is 4.31. The maximum atomic E-state index is 10.9. The Kier molecular flexibility index (Phi) is 3.46. The zero-order valence-electron chi connectivity index (χ0n) is 13.6. The molecule has 0 spiro atoms. The molecule has 4 nitrogen and oxygen atoms in total. The van der Waals surface area contributed by atoms with Crippen molar-refractivity contribution in [3.05, 3.63) is 53.6 Å². The van der Waals surface area contributed by atoms with E-state index in [2.05, 4.69) is 0 Å². The molecule has 0 amide bonds. The Morgan fingerprint density at radius 3 is 2.46 bits per heavy atom. The smallest absolute Gasteiger partial charge is 0.127 e. The maximum absolute atomic E-state index is 10.9. The summed E-state index contributed by atoms with van der Waals surface area (Å²) in [5, 5.41) is 30.3. The van der Waals surface area contributed by atoms with Crippen molar-refractivity contribution in [3.8, 4) is 17.2 Å². The molecule has 24 heavy (non-hydrogen) atoms. The topological polar surface area (TPSA) is 69.9 Å². The Bertz CT molecular complexity index is 755. The summed E-state index contributed by atoms with van der Waals surface area (Å²) in [4.78, 5) is 0. The van der Waals surface area contributed by atoms with Crippen molar-refractivity contribution in [2.45, 2.75) is 43.8 Å². The average Bonchev–Trinajstić information content (AvgIpc) is 2.94. The van der Waals surface area contributed by atoms with Gasteiger partial charge in [0.25, 0.3) is 0 Å².